The Bertz CT molecular complexity index is 958. The molecule has 0 fully saturated rings. The highest BCUT2D eigenvalue weighted by Gasteiger charge is 2.06. The monoisotopic (exact) mass is 346 g/mol. The van der Waals surface area contributed by atoms with Crippen molar-refractivity contribution >= 4 is 23.6 Å². The lowest BCUT2D eigenvalue weighted by atomic mass is 10.1. The van der Waals surface area contributed by atoms with E-state index in [1.807, 2.05) is 42.0 Å². The number of anilines is 1. The van der Waals surface area contributed by atoms with Crippen molar-refractivity contribution in [3.63, 3.8) is 0 Å². The number of nitrogens with two attached hydrogens (primary N) is 1. The molecule has 3 aromatic rings. The number of hydrogen-bond acceptors (Lipinski definition) is 3. The van der Waals surface area contributed by atoms with E-state index in [0.29, 0.717) is 11.3 Å². The van der Waals surface area contributed by atoms with Crippen LogP contribution in [-0.4, -0.2) is 21.4 Å². The Morgan fingerprint density at radius 2 is 1.92 bits per heavy atom. The van der Waals surface area contributed by atoms with Crippen molar-refractivity contribution in [2.45, 2.75) is 6.92 Å². The van der Waals surface area contributed by atoms with Gasteiger partial charge in [0.1, 0.15) is 0 Å². The average Bonchev–Trinajstić information content (AvgIpc) is 3.17. The first kappa shape index (κ1) is 17.2. The number of imidazole rings is 1. The van der Waals surface area contributed by atoms with Crippen molar-refractivity contribution in [1.82, 2.24) is 9.55 Å². The molecule has 0 aliphatic rings. The van der Waals surface area contributed by atoms with Crippen LogP contribution in [0, 0.1) is 6.92 Å². The van der Waals surface area contributed by atoms with Crippen molar-refractivity contribution in [1.29, 1.82) is 0 Å². The topological polar surface area (TPSA) is 90.0 Å². The van der Waals surface area contributed by atoms with Gasteiger partial charge in [-0.2, -0.15) is 0 Å². The van der Waals surface area contributed by atoms with Crippen LogP contribution < -0.4 is 11.1 Å². The Balaban J connectivity index is 1.68. The summed E-state index contributed by atoms with van der Waals surface area (Å²) in [5.41, 5.74) is 8.92. The van der Waals surface area contributed by atoms with E-state index in [1.165, 1.54) is 6.08 Å². The number of amides is 2. The van der Waals surface area contributed by atoms with Gasteiger partial charge in [0.05, 0.1) is 6.33 Å². The molecule has 130 valence electrons. The molecule has 0 saturated carbocycles. The molecule has 6 heteroatoms. The molecule has 3 N–H and O–H groups in total. The third kappa shape index (κ3) is 4.05. The molecule has 0 aliphatic heterocycles. The van der Waals surface area contributed by atoms with E-state index >= 15 is 0 Å². The molecular formula is C20H18N4O2. The van der Waals surface area contributed by atoms with Gasteiger partial charge in [-0.05, 0) is 48.4 Å². The highest BCUT2D eigenvalue weighted by molar-refractivity contribution is 6.03. The minimum atomic E-state index is -0.533. The van der Waals surface area contributed by atoms with Crippen LogP contribution in [0.25, 0.3) is 11.8 Å². The number of aromatic nitrogens is 2. The average molecular weight is 346 g/mol. The van der Waals surface area contributed by atoms with Crippen molar-refractivity contribution in [2.24, 2.45) is 5.73 Å². The number of primary amides is 1. The Kier molecular flexibility index (Phi) is 4.94. The lowest BCUT2D eigenvalue weighted by Gasteiger charge is -2.08. The third-order valence-corrected chi connectivity index (χ3v) is 3.90. The van der Waals surface area contributed by atoms with E-state index in [9.17, 15) is 9.59 Å². The summed E-state index contributed by atoms with van der Waals surface area (Å²) in [6, 6.07) is 12.7. The lowest BCUT2D eigenvalue weighted by molar-refractivity contribution is -0.111. The first-order valence-electron chi connectivity index (χ1n) is 8.01. The molecule has 0 bridgehead atoms. The number of nitrogens with one attached hydrogen (secondary N) is 1. The minimum Gasteiger partial charge on any atom is -0.366 e. The van der Waals surface area contributed by atoms with Gasteiger partial charge in [0, 0.05) is 35.4 Å². The second-order valence-electron chi connectivity index (χ2n) is 5.78. The van der Waals surface area contributed by atoms with Crippen molar-refractivity contribution in [2.75, 3.05) is 5.32 Å². The number of carbonyl (C=O) groups is 2. The first-order chi connectivity index (χ1) is 12.5. The van der Waals surface area contributed by atoms with Crippen LogP contribution in [0.5, 0.6) is 0 Å². The van der Waals surface area contributed by atoms with Gasteiger partial charge >= 0.3 is 0 Å². The van der Waals surface area contributed by atoms with Crippen LogP contribution in [0.15, 0.2) is 67.3 Å². The molecule has 0 atom stereocenters. The van der Waals surface area contributed by atoms with Crippen molar-refractivity contribution < 1.29 is 9.59 Å². The highest BCUT2D eigenvalue weighted by atomic mass is 16.1. The normalized spacial score (nSPS) is 10.8. The van der Waals surface area contributed by atoms with Gasteiger partial charge in [0.2, 0.25) is 11.8 Å². The fourth-order valence-corrected chi connectivity index (χ4v) is 2.43. The van der Waals surface area contributed by atoms with Gasteiger partial charge in [-0.25, -0.2) is 4.98 Å². The minimum absolute atomic E-state index is 0.284. The number of rotatable bonds is 5. The number of benzene rings is 2. The first-order valence-corrected chi connectivity index (χ1v) is 8.01. The molecule has 0 radical (unpaired) electrons. The van der Waals surface area contributed by atoms with Gasteiger partial charge in [-0.15, -0.1) is 0 Å². The number of carbonyl (C=O) groups excluding carboxylic acids is 2. The Morgan fingerprint density at radius 1 is 1.15 bits per heavy atom. The molecule has 0 unspecified atom stereocenters. The van der Waals surface area contributed by atoms with E-state index in [-0.39, 0.29) is 5.91 Å². The van der Waals surface area contributed by atoms with Crippen LogP contribution >= 0.6 is 0 Å². The summed E-state index contributed by atoms with van der Waals surface area (Å²) in [6.07, 6.45) is 8.47. The zero-order chi connectivity index (χ0) is 18.5. The summed E-state index contributed by atoms with van der Waals surface area (Å²) in [6.45, 7) is 1.85. The molecule has 2 aromatic carbocycles. The largest absolute Gasteiger partial charge is 0.366 e. The molecule has 0 saturated heterocycles. The van der Waals surface area contributed by atoms with E-state index in [2.05, 4.69) is 10.3 Å². The Morgan fingerprint density at radius 3 is 2.58 bits per heavy atom. The summed E-state index contributed by atoms with van der Waals surface area (Å²) < 4.78 is 1.90. The molecule has 6 nitrogen and oxygen atoms in total. The maximum Gasteiger partial charge on any atom is 0.248 e. The zero-order valence-corrected chi connectivity index (χ0v) is 14.2. The number of aryl methyl sites for hydroxylation is 1. The zero-order valence-electron chi connectivity index (χ0n) is 14.2. The fourth-order valence-electron chi connectivity index (χ4n) is 2.43. The second kappa shape index (κ2) is 7.48. The van der Waals surface area contributed by atoms with E-state index in [0.717, 1.165) is 16.8 Å². The van der Waals surface area contributed by atoms with Gasteiger partial charge < -0.3 is 15.6 Å². The molecule has 1 aromatic heterocycles. The molecule has 0 aliphatic carbocycles. The van der Waals surface area contributed by atoms with Gasteiger partial charge in [-0.1, -0.05) is 18.2 Å². The van der Waals surface area contributed by atoms with Gasteiger partial charge in [-0.3, -0.25) is 9.59 Å². The predicted molar refractivity (Wildman–Crippen MR) is 101 cm³/mol. The molecule has 26 heavy (non-hydrogen) atoms. The molecule has 2 amide bonds. The maximum absolute atomic E-state index is 12.1. The number of hydrogen-bond donors (Lipinski definition) is 2. The van der Waals surface area contributed by atoms with Crippen LogP contribution in [0.3, 0.4) is 0 Å². The predicted octanol–water partition coefficient (Wildman–Crippen LogP) is 2.93. The molecule has 0 spiro atoms. The smallest absolute Gasteiger partial charge is 0.248 e. The van der Waals surface area contributed by atoms with Gasteiger partial charge in [0.25, 0.3) is 0 Å². The maximum atomic E-state index is 12.1. The summed E-state index contributed by atoms with van der Waals surface area (Å²) >= 11 is 0. The molecule has 1 heterocycles. The second-order valence-corrected chi connectivity index (χ2v) is 5.78. The summed E-state index contributed by atoms with van der Waals surface area (Å²) in [5, 5.41) is 2.76. The van der Waals surface area contributed by atoms with Crippen LogP contribution in [-0.2, 0) is 4.79 Å². The van der Waals surface area contributed by atoms with Crippen LogP contribution in [0.2, 0.25) is 0 Å². The lowest BCUT2D eigenvalue weighted by Crippen LogP contribution is -2.13. The van der Waals surface area contributed by atoms with E-state index < -0.39 is 5.91 Å². The number of nitrogens with zero attached hydrogens (tertiary/aromatic N) is 2. The summed E-state index contributed by atoms with van der Waals surface area (Å²) in [7, 11) is 0. The quantitative estimate of drug-likeness (QED) is 0.696. The SMILES string of the molecule is Cc1ccc(C(N)=O)cc1NC(=O)/C=C\c1ccc(-n2ccnc2)cc1. The van der Waals surface area contributed by atoms with Crippen molar-refractivity contribution in [3.8, 4) is 5.69 Å². The standard InChI is InChI=1S/C20H18N4O2/c1-14-2-6-16(20(21)26)12-18(14)23-19(25)9-5-15-3-7-17(8-4-15)24-11-10-22-13-24/h2-13H,1H3,(H2,21,26)(H,23,25)/b9-5-. The van der Waals surface area contributed by atoms with Crippen molar-refractivity contribution in [3.05, 3.63) is 84.0 Å². The summed E-state index contributed by atoms with van der Waals surface area (Å²) in [5.74, 6) is -0.817. The molecule has 3 rings (SSSR count). The fraction of sp³-hybridized carbons (Fsp3) is 0.0500. The third-order valence-electron chi connectivity index (χ3n) is 3.90. The van der Waals surface area contributed by atoms with Gasteiger partial charge in [0.15, 0.2) is 0 Å². The Hall–Kier alpha value is -3.67. The van der Waals surface area contributed by atoms with Crippen LogP contribution in [0.4, 0.5) is 5.69 Å². The van der Waals surface area contributed by atoms with Crippen LogP contribution in [0.1, 0.15) is 21.5 Å². The Labute approximate surface area is 151 Å². The highest BCUT2D eigenvalue weighted by Crippen LogP contribution is 2.17. The van der Waals surface area contributed by atoms with E-state index in [4.69, 9.17) is 5.73 Å². The summed E-state index contributed by atoms with van der Waals surface area (Å²) in [4.78, 5) is 27.4. The molecular weight excluding hydrogens is 328 g/mol. The van der Waals surface area contributed by atoms with E-state index in [1.54, 1.807) is 36.8 Å².